The van der Waals surface area contributed by atoms with Crippen molar-refractivity contribution in [1.82, 2.24) is 20.0 Å². The van der Waals surface area contributed by atoms with Crippen LogP contribution in [0, 0.1) is 12.8 Å². The SMILES string of the molecule is CCNC(=NCC1CCN(CCOC)CC1)N1CCN(Cc2cccc(C)c2)CC1. The molecular formula is C24H41N5O. The van der Waals surface area contributed by atoms with Crippen LogP contribution in [0.1, 0.15) is 30.9 Å². The van der Waals surface area contributed by atoms with Crippen molar-refractivity contribution in [1.29, 1.82) is 0 Å². The molecule has 0 amide bonds. The normalized spacial score (nSPS) is 20.0. The maximum atomic E-state index is 5.21. The fourth-order valence-electron chi connectivity index (χ4n) is 4.44. The molecule has 1 aromatic carbocycles. The van der Waals surface area contributed by atoms with Crippen LogP contribution in [-0.2, 0) is 11.3 Å². The van der Waals surface area contributed by atoms with Crippen molar-refractivity contribution in [3.05, 3.63) is 35.4 Å². The van der Waals surface area contributed by atoms with Crippen molar-refractivity contribution in [2.45, 2.75) is 33.2 Å². The quantitative estimate of drug-likeness (QED) is 0.522. The Balaban J connectivity index is 1.45. The molecule has 2 heterocycles. The molecule has 2 aliphatic heterocycles. The summed E-state index contributed by atoms with van der Waals surface area (Å²) >= 11 is 0. The number of benzene rings is 1. The molecule has 0 saturated carbocycles. The molecular weight excluding hydrogens is 374 g/mol. The van der Waals surface area contributed by atoms with Gasteiger partial charge in [0.1, 0.15) is 0 Å². The lowest BCUT2D eigenvalue weighted by atomic mass is 9.97. The third-order valence-electron chi connectivity index (χ3n) is 6.31. The summed E-state index contributed by atoms with van der Waals surface area (Å²) < 4.78 is 5.21. The minimum atomic E-state index is 0.708. The minimum absolute atomic E-state index is 0.708. The van der Waals surface area contributed by atoms with Crippen LogP contribution in [0.3, 0.4) is 0 Å². The van der Waals surface area contributed by atoms with Gasteiger partial charge in [-0.25, -0.2) is 0 Å². The molecule has 6 nitrogen and oxygen atoms in total. The van der Waals surface area contributed by atoms with Crippen LogP contribution in [0.5, 0.6) is 0 Å². The zero-order valence-corrected chi connectivity index (χ0v) is 19.3. The number of piperidine rings is 1. The first-order chi connectivity index (χ1) is 14.7. The number of nitrogens with zero attached hydrogens (tertiary/aromatic N) is 4. The average Bonchev–Trinajstić information content (AvgIpc) is 2.76. The summed E-state index contributed by atoms with van der Waals surface area (Å²) in [5.41, 5.74) is 2.76. The van der Waals surface area contributed by atoms with Gasteiger partial charge in [-0.05, 0) is 51.3 Å². The van der Waals surface area contributed by atoms with E-state index < -0.39 is 0 Å². The second-order valence-corrected chi connectivity index (χ2v) is 8.72. The fourth-order valence-corrected chi connectivity index (χ4v) is 4.44. The number of nitrogens with one attached hydrogen (secondary N) is 1. The Morgan fingerprint density at radius 1 is 1.10 bits per heavy atom. The molecule has 168 valence electrons. The number of aliphatic imine (C=N–C) groups is 1. The second kappa shape index (κ2) is 12.3. The number of ether oxygens (including phenoxy) is 1. The molecule has 0 radical (unpaired) electrons. The van der Waals surface area contributed by atoms with E-state index in [1.807, 2.05) is 0 Å². The maximum absolute atomic E-state index is 5.21. The summed E-state index contributed by atoms with van der Waals surface area (Å²) in [5.74, 6) is 1.81. The Bertz CT molecular complexity index is 649. The Labute approximate surface area is 183 Å². The standard InChI is InChI=1S/C24H41N5O/c1-4-25-24(26-19-22-8-10-27(11-9-22)16-17-30-3)29-14-12-28(13-15-29)20-23-7-5-6-21(2)18-23/h5-7,18,22H,4,8-17,19-20H2,1-3H3,(H,25,26). The van der Waals surface area contributed by atoms with Crippen molar-refractivity contribution >= 4 is 5.96 Å². The van der Waals surface area contributed by atoms with Crippen molar-refractivity contribution in [3.63, 3.8) is 0 Å². The lowest BCUT2D eigenvalue weighted by molar-refractivity contribution is 0.121. The zero-order chi connectivity index (χ0) is 21.2. The summed E-state index contributed by atoms with van der Waals surface area (Å²) in [7, 11) is 1.78. The van der Waals surface area contributed by atoms with Gasteiger partial charge in [0.05, 0.1) is 6.61 Å². The molecule has 2 fully saturated rings. The zero-order valence-electron chi connectivity index (χ0n) is 19.3. The molecule has 1 aromatic rings. The topological polar surface area (TPSA) is 43.3 Å². The van der Waals surface area contributed by atoms with Crippen LogP contribution >= 0.6 is 0 Å². The lowest BCUT2D eigenvalue weighted by Crippen LogP contribution is -2.52. The Morgan fingerprint density at radius 2 is 1.87 bits per heavy atom. The Kier molecular flexibility index (Phi) is 9.43. The van der Waals surface area contributed by atoms with E-state index in [4.69, 9.17) is 9.73 Å². The number of rotatable bonds is 8. The van der Waals surface area contributed by atoms with Gasteiger partial charge in [0, 0.05) is 59.5 Å². The van der Waals surface area contributed by atoms with Crippen LogP contribution in [0.15, 0.2) is 29.3 Å². The van der Waals surface area contributed by atoms with Gasteiger partial charge in [-0.15, -0.1) is 0 Å². The van der Waals surface area contributed by atoms with E-state index in [0.29, 0.717) is 5.92 Å². The fraction of sp³-hybridized carbons (Fsp3) is 0.708. The first-order valence-electron chi connectivity index (χ1n) is 11.7. The number of methoxy groups -OCH3 is 1. The number of hydrogen-bond acceptors (Lipinski definition) is 4. The highest BCUT2D eigenvalue weighted by atomic mass is 16.5. The van der Waals surface area contributed by atoms with Crippen LogP contribution in [0.4, 0.5) is 0 Å². The molecule has 1 N–H and O–H groups in total. The van der Waals surface area contributed by atoms with Gasteiger partial charge in [-0.2, -0.15) is 0 Å². The van der Waals surface area contributed by atoms with Crippen molar-refractivity contribution in [3.8, 4) is 0 Å². The van der Waals surface area contributed by atoms with Gasteiger partial charge < -0.3 is 19.9 Å². The summed E-state index contributed by atoms with van der Waals surface area (Å²) in [5, 5.41) is 3.53. The van der Waals surface area contributed by atoms with Crippen LogP contribution in [0.25, 0.3) is 0 Å². The second-order valence-electron chi connectivity index (χ2n) is 8.72. The number of piperazine rings is 1. The predicted molar refractivity (Wildman–Crippen MR) is 125 cm³/mol. The largest absolute Gasteiger partial charge is 0.383 e. The van der Waals surface area contributed by atoms with Crippen molar-refractivity contribution < 1.29 is 4.74 Å². The molecule has 0 bridgehead atoms. The summed E-state index contributed by atoms with van der Waals surface area (Å²) in [6, 6.07) is 8.88. The highest BCUT2D eigenvalue weighted by Gasteiger charge is 2.22. The van der Waals surface area contributed by atoms with Crippen molar-refractivity contribution in [2.75, 3.05) is 72.6 Å². The van der Waals surface area contributed by atoms with E-state index in [2.05, 4.69) is 58.1 Å². The van der Waals surface area contributed by atoms with E-state index in [1.54, 1.807) is 7.11 Å². The first kappa shape index (κ1) is 23.0. The molecule has 0 unspecified atom stereocenters. The van der Waals surface area contributed by atoms with Gasteiger partial charge in [0.2, 0.25) is 0 Å². The average molecular weight is 416 g/mol. The number of likely N-dealkylation sites (tertiary alicyclic amines) is 1. The molecule has 2 saturated heterocycles. The molecule has 2 aliphatic rings. The summed E-state index contributed by atoms with van der Waals surface area (Å²) in [6.45, 7) is 15.8. The third kappa shape index (κ3) is 7.25. The number of guanidine groups is 1. The van der Waals surface area contributed by atoms with E-state index >= 15 is 0 Å². The Morgan fingerprint density at radius 3 is 2.53 bits per heavy atom. The molecule has 30 heavy (non-hydrogen) atoms. The number of aryl methyl sites for hydroxylation is 1. The summed E-state index contributed by atoms with van der Waals surface area (Å²) in [4.78, 5) is 12.6. The molecule has 0 aromatic heterocycles. The highest BCUT2D eigenvalue weighted by Crippen LogP contribution is 2.17. The van der Waals surface area contributed by atoms with Crippen LogP contribution in [0.2, 0.25) is 0 Å². The predicted octanol–water partition coefficient (Wildman–Crippen LogP) is 2.44. The van der Waals surface area contributed by atoms with Gasteiger partial charge in [0.25, 0.3) is 0 Å². The molecule has 6 heteroatoms. The van der Waals surface area contributed by atoms with E-state index in [9.17, 15) is 0 Å². The smallest absolute Gasteiger partial charge is 0.194 e. The molecule has 0 aliphatic carbocycles. The van der Waals surface area contributed by atoms with E-state index in [1.165, 1.54) is 37.1 Å². The first-order valence-corrected chi connectivity index (χ1v) is 11.7. The highest BCUT2D eigenvalue weighted by molar-refractivity contribution is 5.80. The third-order valence-corrected chi connectivity index (χ3v) is 6.31. The van der Waals surface area contributed by atoms with Gasteiger partial charge >= 0.3 is 0 Å². The van der Waals surface area contributed by atoms with Gasteiger partial charge in [-0.3, -0.25) is 9.89 Å². The molecule has 3 rings (SSSR count). The minimum Gasteiger partial charge on any atom is -0.383 e. The monoisotopic (exact) mass is 415 g/mol. The van der Waals surface area contributed by atoms with E-state index in [-0.39, 0.29) is 0 Å². The van der Waals surface area contributed by atoms with Gasteiger partial charge in [-0.1, -0.05) is 29.8 Å². The summed E-state index contributed by atoms with van der Waals surface area (Å²) in [6.07, 6.45) is 2.49. The molecule has 0 spiro atoms. The van der Waals surface area contributed by atoms with Gasteiger partial charge in [0.15, 0.2) is 5.96 Å². The Hall–Kier alpha value is -1.63. The van der Waals surface area contributed by atoms with E-state index in [0.717, 1.165) is 64.9 Å². The van der Waals surface area contributed by atoms with Crippen LogP contribution < -0.4 is 5.32 Å². The molecule has 0 atom stereocenters. The van der Waals surface area contributed by atoms with Crippen molar-refractivity contribution in [2.24, 2.45) is 10.9 Å². The van der Waals surface area contributed by atoms with Crippen LogP contribution in [-0.4, -0.2) is 93.3 Å². The number of hydrogen-bond donors (Lipinski definition) is 1. The lowest BCUT2D eigenvalue weighted by Gasteiger charge is -2.37. The maximum Gasteiger partial charge on any atom is 0.194 e.